The number of carbonyl (C=O) groups excluding carboxylic acids is 1. The maximum atomic E-state index is 12.4. The molecule has 0 aromatic heterocycles. The molecule has 1 N–H and O–H groups in total. The number of phenols is 1. The minimum atomic E-state index is -0.430. The number of rotatable bonds is 5. The number of Topliss-reactive ketones (excluding diaryl/α,β-unsaturated/α-hetero) is 1. The molecule has 0 amide bonds. The van der Waals surface area contributed by atoms with Gasteiger partial charge in [0, 0.05) is 10.6 Å². The number of carbonyl (C=O) groups is 1. The lowest BCUT2D eigenvalue weighted by Gasteiger charge is -2.09. The van der Waals surface area contributed by atoms with Crippen LogP contribution >= 0.6 is 11.6 Å². The van der Waals surface area contributed by atoms with E-state index in [1.165, 1.54) is 32.4 Å². The first kappa shape index (κ1) is 17.4. The Kier molecular flexibility index (Phi) is 5.46. The molecule has 0 bridgehead atoms. The number of allylic oxidation sites excluding steroid dienone is 1. The first-order valence-electron chi connectivity index (χ1n) is 6.87. The van der Waals surface area contributed by atoms with Crippen molar-refractivity contribution >= 4 is 23.5 Å². The van der Waals surface area contributed by atoms with Gasteiger partial charge in [0.1, 0.15) is 11.6 Å². The molecule has 0 heterocycles. The van der Waals surface area contributed by atoms with E-state index >= 15 is 0 Å². The van der Waals surface area contributed by atoms with Crippen LogP contribution in [0.3, 0.4) is 0 Å². The average Bonchev–Trinajstić information content (AvgIpc) is 2.60. The molecule has 2 aromatic rings. The summed E-state index contributed by atoms with van der Waals surface area (Å²) in [5, 5.41) is 19.7. The Morgan fingerprint density at radius 3 is 2.17 bits per heavy atom. The van der Waals surface area contributed by atoms with Crippen LogP contribution in [0.1, 0.15) is 15.9 Å². The lowest BCUT2D eigenvalue weighted by atomic mass is 10.0. The van der Waals surface area contributed by atoms with E-state index in [9.17, 15) is 15.2 Å². The molecule has 0 saturated heterocycles. The lowest BCUT2D eigenvalue weighted by molar-refractivity contribution is 0.104. The van der Waals surface area contributed by atoms with E-state index < -0.39 is 5.78 Å². The summed E-state index contributed by atoms with van der Waals surface area (Å²) in [4.78, 5) is 12.4. The van der Waals surface area contributed by atoms with Gasteiger partial charge in [-0.1, -0.05) is 11.6 Å². The summed E-state index contributed by atoms with van der Waals surface area (Å²) < 4.78 is 10.1. The number of methoxy groups -OCH3 is 2. The van der Waals surface area contributed by atoms with E-state index in [1.54, 1.807) is 24.3 Å². The van der Waals surface area contributed by atoms with Crippen molar-refractivity contribution in [2.75, 3.05) is 14.2 Å². The highest BCUT2D eigenvalue weighted by Gasteiger charge is 2.15. The van der Waals surface area contributed by atoms with Crippen molar-refractivity contribution in [3.05, 3.63) is 58.1 Å². The second kappa shape index (κ2) is 7.53. The maximum absolute atomic E-state index is 12.4. The summed E-state index contributed by atoms with van der Waals surface area (Å²) in [6, 6.07) is 11.2. The van der Waals surface area contributed by atoms with E-state index in [2.05, 4.69) is 0 Å². The van der Waals surface area contributed by atoms with Gasteiger partial charge in [-0.25, -0.2) is 0 Å². The Morgan fingerprint density at radius 2 is 1.71 bits per heavy atom. The molecule has 5 nitrogen and oxygen atoms in total. The Labute approximate surface area is 144 Å². The highest BCUT2D eigenvalue weighted by Crippen LogP contribution is 2.37. The van der Waals surface area contributed by atoms with E-state index in [4.69, 9.17) is 21.1 Å². The van der Waals surface area contributed by atoms with Crippen LogP contribution in [0.25, 0.3) is 6.08 Å². The summed E-state index contributed by atoms with van der Waals surface area (Å²) in [7, 11) is 2.79. The van der Waals surface area contributed by atoms with Crippen LogP contribution in [0.5, 0.6) is 17.2 Å². The van der Waals surface area contributed by atoms with Gasteiger partial charge >= 0.3 is 0 Å². The van der Waals surface area contributed by atoms with Gasteiger partial charge in [-0.2, -0.15) is 5.26 Å². The number of aromatic hydroxyl groups is 1. The van der Waals surface area contributed by atoms with Gasteiger partial charge in [-0.15, -0.1) is 0 Å². The van der Waals surface area contributed by atoms with Gasteiger partial charge in [0.15, 0.2) is 11.5 Å². The molecule has 2 rings (SSSR count). The van der Waals surface area contributed by atoms with E-state index in [0.29, 0.717) is 16.1 Å². The molecule has 0 atom stereocenters. The molecule has 0 spiro atoms. The molecule has 122 valence electrons. The van der Waals surface area contributed by atoms with Crippen molar-refractivity contribution in [2.24, 2.45) is 0 Å². The largest absolute Gasteiger partial charge is 0.502 e. The number of phenolic OH excluding ortho intramolecular Hbond substituents is 1. The number of nitriles is 1. The van der Waals surface area contributed by atoms with Crippen molar-refractivity contribution in [1.82, 2.24) is 0 Å². The third kappa shape index (κ3) is 3.67. The second-order valence-corrected chi connectivity index (χ2v) is 5.22. The topological polar surface area (TPSA) is 79.5 Å². The number of halogens is 1. The molecule has 0 radical (unpaired) electrons. The van der Waals surface area contributed by atoms with Crippen molar-refractivity contribution in [3.8, 4) is 23.3 Å². The molecule has 0 aliphatic rings. The first-order chi connectivity index (χ1) is 11.5. The van der Waals surface area contributed by atoms with Crippen LogP contribution in [0.4, 0.5) is 0 Å². The number of ketones is 1. The Balaban J connectivity index is 2.45. The number of nitrogens with zero attached hydrogens (tertiary/aromatic N) is 1. The van der Waals surface area contributed by atoms with Crippen molar-refractivity contribution in [2.45, 2.75) is 0 Å². The standard InChI is InChI=1S/C18H14ClNO4/c1-23-15-8-11(9-16(24-2)18(15)22)7-13(10-20)17(21)12-3-5-14(19)6-4-12/h3-9,22H,1-2H3/b13-7+. The Bertz CT molecular complexity index is 810. The average molecular weight is 344 g/mol. The molecule has 24 heavy (non-hydrogen) atoms. The second-order valence-electron chi connectivity index (χ2n) is 4.78. The quantitative estimate of drug-likeness (QED) is 0.506. The Hall–Kier alpha value is -2.97. The minimum absolute atomic E-state index is 0.0629. The number of benzene rings is 2. The number of hydrogen-bond donors (Lipinski definition) is 1. The van der Waals surface area contributed by atoms with Crippen molar-refractivity contribution in [1.29, 1.82) is 5.26 Å². The summed E-state index contributed by atoms with van der Waals surface area (Å²) in [5.41, 5.74) is 0.775. The van der Waals surface area contributed by atoms with Crippen LogP contribution in [-0.2, 0) is 0 Å². The Morgan fingerprint density at radius 1 is 1.17 bits per heavy atom. The van der Waals surface area contributed by atoms with E-state index in [-0.39, 0.29) is 22.8 Å². The lowest BCUT2D eigenvalue weighted by Crippen LogP contribution is -2.01. The zero-order valence-electron chi connectivity index (χ0n) is 13.0. The SMILES string of the molecule is COc1cc(/C=C(\C#N)C(=O)c2ccc(Cl)cc2)cc(OC)c1O. The van der Waals surface area contributed by atoms with Gasteiger partial charge < -0.3 is 14.6 Å². The molecule has 0 fully saturated rings. The summed E-state index contributed by atoms with van der Waals surface area (Å²) >= 11 is 5.80. The molecule has 0 saturated carbocycles. The molecule has 0 aliphatic heterocycles. The zero-order chi connectivity index (χ0) is 17.7. The summed E-state index contributed by atoms with van der Waals surface area (Å²) in [6.07, 6.45) is 1.40. The van der Waals surface area contributed by atoms with Crippen molar-refractivity contribution in [3.63, 3.8) is 0 Å². The van der Waals surface area contributed by atoms with Gasteiger partial charge in [0.2, 0.25) is 11.5 Å². The van der Waals surface area contributed by atoms with Crippen LogP contribution in [0, 0.1) is 11.3 Å². The van der Waals surface area contributed by atoms with Crippen molar-refractivity contribution < 1.29 is 19.4 Å². The summed E-state index contributed by atoms with van der Waals surface area (Å²) in [5.74, 6) is -0.228. The molecule has 0 aliphatic carbocycles. The predicted octanol–water partition coefficient (Wildman–Crippen LogP) is 3.85. The molecular formula is C18H14ClNO4. The van der Waals surface area contributed by atoms with Crippen LogP contribution in [0.15, 0.2) is 42.0 Å². The van der Waals surface area contributed by atoms with Gasteiger partial charge in [0.05, 0.1) is 14.2 Å². The monoisotopic (exact) mass is 343 g/mol. The smallest absolute Gasteiger partial charge is 0.203 e. The van der Waals surface area contributed by atoms with Crippen LogP contribution in [-0.4, -0.2) is 25.1 Å². The van der Waals surface area contributed by atoms with Crippen LogP contribution in [0.2, 0.25) is 5.02 Å². The molecule has 2 aromatic carbocycles. The zero-order valence-corrected chi connectivity index (χ0v) is 13.8. The summed E-state index contributed by atoms with van der Waals surface area (Å²) in [6.45, 7) is 0. The highest BCUT2D eigenvalue weighted by molar-refractivity contribution is 6.30. The molecule has 6 heteroatoms. The third-order valence-electron chi connectivity index (χ3n) is 3.28. The fourth-order valence-electron chi connectivity index (χ4n) is 2.07. The first-order valence-corrected chi connectivity index (χ1v) is 7.25. The third-order valence-corrected chi connectivity index (χ3v) is 3.54. The number of hydrogen-bond acceptors (Lipinski definition) is 5. The molecule has 0 unspecified atom stereocenters. The maximum Gasteiger partial charge on any atom is 0.203 e. The number of ether oxygens (including phenoxy) is 2. The predicted molar refractivity (Wildman–Crippen MR) is 90.6 cm³/mol. The van der Waals surface area contributed by atoms with Gasteiger partial charge in [0.25, 0.3) is 0 Å². The van der Waals surface area contributed by atoms with E-state index in [0.717, 1.165) is 0 Å². The van der Waals surface area contributed by atoms with E-state index in [1.807, 2.05) is 6.07 Å². The highest BCUT2D eigenvalue weighted by atomic mass is 35.5. The van der Waals surface area contributed by atoms with Gasteiger partial charge in [-0.05, 0) is 48.0 Å². The normalized spacial score (nSPS) is 10.8. The van der Waals surface area contributed by atoms with Crippen LogP contribution < -0.4 is 9.47 Å². The van der Waals surface area contributed by atoms with Gasteiger partial charge in [-0.3, -0.25) is 4.79 Å². The fourth-order valence-corrected chi connectivity index (χ4v) is 2.20. The molecular weight excluding hydrogens is 330 g/mol. The minimum Gasteiger partial charge on any atom is -0.502 e. The fraction of sp³-hybridized carbons (Fsp3) is 0.111.